The smallest absolute Gasteiger partial charge is 0.305 e. The van der Waals surface area contributed by atoms with Gasteiger partial charge in [0.05, 0.1) is 13.2 Å². The molecule has 1 N–H and O–H groups in total. The van der Waals surface area contributed by atoms with Gasteiger partial charge in [-0.15, -0.1) is 0 Å². The molecule has 1 amide bonds. The van der Waals surface area contributed by atoms with Crippen molar-refractivity contribution in [3.8, 4) is 0 Å². The summed E-state index contributed by atoms with van der Waals surface area (Å²) in [6.07, 6.45) is 26.8. The molecule has 0 saturated carbocycles. The van der Waals surface area contributed by atoms with E-state index in [2.05, 4.69) is 30.6 Å². The standard InChI is InChI=1S/C36H72N2O4/c1-4-7-10-12-13-17-25-34-42-36(41)27-20-18-23-29-37(32-33-39)28-22-16-14-15-19-26-35(40)38(30-21-9-6-3)31-24-11-8-5-2/h39H,4-34H2,1-3H3. The minimum atomic E-state index is -0.0499. The highest BCUT2D eigenvalue weighted by atomic mass is 16.5. The molecule has 0 heterocycles. The molecule has 0 unspecified atom stereocenters. The number of nitrogens with zero attached hydrogens (tertiary/aromatic N) is 2. The number of amides is 1. The van der Waals surface area contributed by atoms with Crippen LogP contribution in [0.1, 0.15) is 175 Å². The van der Waals surface area contributed by atoms with Crippen LogP contribution in [0.15, 0.2) is 0 Å². The summed E-state index contributed by atoms with van der Waals surface area (Å²) < 4.78 is 5.39. The number of carbonyl (C=O) groups is 2. The molecular formula is C36H72N2O4. The van der Waals surface area contributed by atoms with Gasteiger partial charge in [-0.25, -0.2) is 0 Å². The summed E-state index contributed by atoms with van der Waals surface area (Å²) in [7, 11) is 0. The average molecular weight is 597 g/mol. The van der Waals surface area contributed by atoms with Crippen LogP contribution in [0.3, 0.4) is 0 Å². The third-order valence-electron chi connectivity index (χ3n) is 8.31. The second kappa shape index (κ2) is 32.8. The van der Waals surface area contributed by atoms with Crippen molar-refractivity contribution in [3.63, 3.8) is 0 Å². The van der Waals surface area contributed by atoms with Gasteiger partial charge in [0, 0.05) is 32.5 Å². The van der Waals surface area contributed by atoms with E-state index in [0.29, 0.717) is 25.4 Å². The average Bonchev–Trinajstić information content (AvgIpc) is 2.98. The van der Waals surface area contributed by atoms with Crippen molar-refractivity contribution in [3.05, 3.63) is 0 Å². The van der Waals surface area contributed by atoms with Gasteiger partial charge in [0.15, 0.2) is 0 Å². The van der Waals surface area contributed by atoms with E-state index < -0.39 is 0 Å². The van der Waals surface area contributed by atoms with Crippen molar-refractivity contribution in [1.29, 1.82) is 0 Å². The zero-order chi connectivity index (χ0) is 30.9. The number of esters is 1. The Labute approximate surface area is 261 Å². The van der Waals surface area contributed by atoms with Gasteiger partial charge in [-0.1, -0.05) is 117 Å². The highest BCUT2D eigenvalue weighted by Gasteiger charge is 2.12. The Morgan fingerprint density at radius 2 is 0.929 bits per heavy atom. The fourth-order valence-corrected chi connectivity index (χ4v) is 5.52. The van der Waals surface area contributed by atoms with Crippen LogP contribution in [-0.4, -0.2) is 72.7 Å². The summed E-state index contributed by atoms with van der Waals surface area (Å²) in [4.78, 5) is 29.3. The predicted octanol–water partition coefficient (Wildman–Crippen LogP) is 9.07. The number of aliphatic hydroxyl groups excluding tert-OH is 1. The van der Waals surface area contributed by atoms with Crippen LogP contribution in [0.5, 0.6) is 0 Å². The van der Waals surface area contributed by atoms with Crippen molar-refractivity contribution in [1.82, 2.24) is 9.80 Å². The summed E-state index contributed by atoms with van der Waals surface area (Å²) >= 11 is 0. The molecule has 0 aromatic carbocycles. The first-order chi connectivity index (χ1) is 20.6. The number of ether oxygens (including phenoxy) is 1. The number of rotatable bonds is 33. The van der Waals surface area contributed by atoms with Crippen LogP contribution in [0.4, 0.5) is 0 Å². The Morgan fingerprint density at radius 1 is 0.500 bits per heavy atom. The fourth-order valence-electron chi connectivity index (χ4n) is 5.52. The first kappa shape index (κ1) is 40.9. The Kier molecular flexibility index (Phi) is 31.9. The maximum Gasteiger partial charge on any atom is 0.305 e. The van der Waals surface area contributed by atoms with E-state index in [-0.39, 0.29) is 12.6 Å². The summed E-state index contributed by atoms with van der Waals surface area (Å²) in [6.45, 7) is 12.0. The molecule has 0 fully saturated rings. The summed E-state index contributed by atoms with van der Waals surface area (Å²) in [5, 5.41) is 9.47. The predicted molar refractivity (Wildman–Crippen MR) is 179 cm³/mol. The third-order valence-corrected chi connectivity index (χ3v) is 8.31. The van der Waals surface area contributed by atoms with Gasteiger partial charge in [-0.05, 0) is 58.0 Å². The molecule has 0 bridgehead atoms. The van der Waals surface area contributed by atoms with E-state index in [0.717, 1.165) is 96.9 Å². The fraction of sp³-hybridized carbons (Fsp3) is 0.944. The highest BCUT2D eigenvalue weighted by Crippen LogP contribution is 2.12. The highest BCUT2D eigenvalue weighted by molar-refractivity contribution is 5.76. The van der Waals surface area contributed by atoms with Crippen molar-refractivity contribution < 1.29 is 19.4 Å². The third kappa shape index (κ3) is 27.7. The van der Waals surface area contributed by atoms with E-state index in [1.54, 1.807) is 0 Å². The molecule has 0 saturated heterocycles. The van der Waals surface area contributed by atoms with E-state index in [9.17, 15) is 14.7 Å². The lowest BCUT2D eigenvalue weighted by Crippen LogP contribution is -2.32. The molecule has 0 aromatic rings. The second-order valence-corrected chi connectivity index (χ2v) is 12.4. The van der Waals surface area contributed by atoms with Crippen LogP contribution in [0, 0.1) is 0 Å². The van der Waals surface area contributed by atoms with Gasteiger partial charge in [0.25, 0.3) is 0 Å². The number of aliphatic hydroxyl groups is 1. The maximum absolute atomic E-state index is 12.8. The first-order valence-electron chi connectivity index (χ1n) is 18.4. The summed E-state index contributed by atoms with van der Waals surface area (Å²) in [5.74, 6) is 0.309. The molecule has 6 nitrogen and oxygen atoms in total. The number of hydrogen-bond donors (Lipinski definition) is 1. The Hall–Kier alpha value is -1.14. The normalized spacial score (nSPS) is 11.4. The molecule has 0 atom stereocenters. The Bertz CT molecular complexity index is 587. The van der Waals surface area contributed by atoms with Crippen molar-refractivity contribution in [2.75, 3.05) is 45.9 Å². The minimum Gasteiger partial charge on any atom is -0.466 e. The van der Waals surface area contributed by atoms with E-state index in [1.807, 2.05) is 0 Å². The molecule has 0 rings (SSSR count). The van der Waals surface area contributed by atoms with Crippen molar-refractivity contribution in [2.45, 2.75) is 175 Å². The number of carbonyl (C=O) groups excluding carboxylic acids is 2. The molecule has 0 aliphatic heterocycles. The quantitative estimate of drug-likeness (QED) is 0.0604. The SMILES string of the molecule is CCCCCCCCCOC(=O)CCCCCN(CCO)CCCCCCCC(=O)N(CCCCC)CCCCCC. The second-order valence-electron chi connectivity index (χ2n) is 12.4. The van der Waals surface area contributed by atoms with Gasteiger partial charge in [0.1, 0.15) is 0 Å². The molecule has 250 valence electrons. The number of hydrogen-bond acceptors (Lipinski definition) is 5. The van der Waals surface area contributed by atoms with Crippen LogP contribution < -0.4 is 0 Å². The molecule has 0 aliphatic rings. The first-order valence-corrected chi connectivity index (χ1v) is 18.4. The molecule has 42 heavy (non-hydrogen) atoms. The molecular weight excluding hydrogens is 524 g/mol. The maximum atomic E-state index is 12.8. The molecule has 6 heteroatoms. The zero-order valence-electron chi connectivity index (χ0n) is 28.5. The lowest BCUT2D eigenvalue weighted by atomic mass is 10.1. The lowest BCUT2D eigenvalue weighted by Gasteiger charge is -2.23. The van der Waals surface area contributed by atoms with Crippen LogP contribution in [0.25, 0.3) is 0 Å². The zero-order valence-corrected chi connectivity index (χ0v) is 28.5. The van der Waals surface area contributed by atoms with Gasteiger partial charge in [-0.2, -0.15) is 0 Å². The topological polar surface area (TPSA) is 70.1 Å². The van der Waals surface area contributed by atoms with Crippen molar-refractivity contribution in [2.24, 2.45) is 0 Å². The Balaban J connectivity index is 3.88. The van der Waals surface area contributed by atoms with Crippen LogP contribution >= 0.6 is 0 Å². The van der Waals surface area contributed by atoms with E-state index >= 15 is 0 Å². The van der Waals surface area contributed by atoms with Gasteiger partial charge in [-0.3, -0.25) is 9.59 Å². The van der Waals surface area contributed by atoms with Crippen LogP contribution in [0.2, 0.25) is 0 Å². The summed E-state index contributed by atoms with van der Waals surface area (Å²) in [6, 6.07) is 0. The van der Waals surface area contributed by atoms with E-state index in [4.69, 9.17) is 4.74 Å². The Morgan fingerprint density at radius 3 is 1.55 bits per heavy atom. The monoisotopic (exact) mass is 597 g/mol. The van der Waals surface area contributed by atoms with Gasteiger partial charge >= 0.3 is 5.97 Å². The molecule has 0 aromatic heterocycles. The minimum absolute atomic E-state index is 0.0499. The van der Waals surface area contributed by atoms with Crippen LogP contribution in [-0.2, 0) is 14.3 Å². The van der Waals surface area contributed by atoms with Gasteiger partial charge < -0.3 is 19.6 Å². The molecule has 0 spiro atoms. The largest absolute Gasteiger partial charge is 0.466 e. The molecule has 0 radical (unpaired) electrons. The lowest BCUT2D eigenvalue weighted by molar-refractivity contribution is -0.144. The summed E-state index contributed by atoms with van der Waals surface area (Å²) in [5.41, 5.74) is 0. The van der Waals surface area contributed by atoms with Gasteiger partial charge in [0.2, 0.25) is 5.91 Å². The van der Waals surface area contributed by atoms with E-state index in [1.165, 1.54) is 77.0 Å². The molecule has 0 aliphatic carbocycles. The van der Waals surface area contributed by atoms with Crippen molar-refractivity contribution >= 4 is 11.9 Å². The number of unbranched alkanes of at least 4 members (excludes halogenated alkanes) is 17.